The molecule has 0 bridgehead atoms. The zero-order chi connectivity index (χ0) is 3.41. The summed E-state index contributed by atoms with van der Waals surface area (Å²) >= 11 is 0. The summed E-state index contributed by atoms with van der Waals surface area (Å²) in [6, 6.07) is 0. The molecule has 0 aliphatic rings. The maximum Gasteiger partial charge on any atom is 0.0856 e. The van der Waals surface area contributed by atoms with E-state index in [0.29, 0.717) is 6.16 Å². The lowest BCUT2D eigenvalue weighted by Crippen LogP contribution is -1.72. The monoisotopic (exact) mass is 77.0 g/mol. The van der Waals surface area contributed by atoms with Gasteiger partial charge >= 0.3 is 0 Å². The van der Waals surface area contributed by atoms with Gasteiger partial charge in [-0.15, -0.1) is 9.24 Å². The maximum atomic E-state index is 9.28. The van der Waals surface area contributed by atoms with E-state index in [4.69, 9.17) is 0 Å². The van der Waals surface area contributed by atoms with Crippen molar-refractivity contribution in [2.24, 2.45) is 0 Å². The van der Waals surface area contributed by atoms with Crippen LogP contribution in [-0.2, 0) is 5.11 Å². The van der Waals surface area contributed by atoms with Crippen molar-refractivity contribution in [2.75, 3.05) is 12.8 Å². The summed E-state index contributed by atoms with van der Waals surface area (Å²) < 4.78 is 0. The molecule has 0 aliphatic carbocycles. The minimum Gasteiger partial charge on any atom is -0.236 e. The maximum absolute atomic E-state index is 9.28. The van der Waals surface area contributed by atoms with E-state index in [1.807, 2.05) is 0 Å². The summed E-state index contributed by atoms with van der Waals surface area (Å²) in [6.07, 6.45) is 0.681. The van der Waals surface area contributed by atoms with Gasteiger partial charge < -0.3 is 0 Å². The summed E-state index contributed by atoms with van der Waals surface area (Å²) in [5.41, 5.74) is 0. The summed E-state index contributed by atoms with van der Waals surface area (Å²) in [4.78, 5) is 0. The van der Waals surface area contributed by atoms with Crippen molar-refractivity contribution < 1.29 is 5.11 Å². The molecule has 0 aromatic carbocycles. The normalized spacial score (nSPS) is 7.50. The van der Waals surface area contributed by atoms with Crippen LogP contribution in [0.25, 0.3) is 0 Å². The highest BCUT2D eigenvalue weighted by Crippen LogP contribution is 1.71. The smallest absolute Gasteiger partial charge is 0.0856 e. The van der Waals surface area contributed by atoms with Gasteiger partial charge in [0.2, 0.25) is 0 Å². The van der Waals surface area contributed by atoms with Gasteiger partial charge in [-0.05, 0) is 6.16 Å². The predicted molar refractivity (Wildman–Crippen MR) is 20.1 cm³/mol. The number of hydrogen-bond donors (Lipinski definition) is 0. The van der Waals surface area contributed by atoms with Crippen molar-refractivity contribution in [3.05, 3.63) is 0 Å². The van der Waals surface area contributed by atoms with Gasteiger partial charge in [0, 0.05) is 0 Å². The molecular formula is C2H6OP. The number of rotatable bonds is 1. The molecule has 1 unspecified atom stereocenters. The van der Waals surface area contributed by atoms with Crippen LogP contribution in [0, 0.1) is 0 Å². The van der Waals surface area contributed by atoms with Crippen LogP contribution < -0.4 is 0 Å². The first-order chi connectivity index (χ1) is 1.91. The molecule has 4 heavy (non-hydrogen) atoms. The molecule has 0 N–H and O–H groups in total. The van der Waals surface area contributed by atoms with Crippen molar-refractivity contribution in [1.82, 2.24) is 0 Å². The molecule has 0 spiro atoms. The second-order valence-corrected chi connectivity index (χ2v) is 1.07. The Bertz CT molecular complexity index is 8.00. The quantitative estimate of drug-likeness (QED) is 0.401. The standard InChI is InChI=1S/C2H6OP/c3-1-2-4/h1-2,4H2. The van der Waals surface area contributed by atoms with Crippen molar-refractivity contribution in [2.45, 2.75) is 0 Å². The van der Waals surface area contributed by atoms with Crippen molar-refractivity contribution in [3.8, 4) is 0 Å². The molecule has 0 heterocycles. The summed E-state index contributed by atoms with van der Waals surface area (Å²) in [7, 11) is 2.34. The van der Waals surface area contributed by atoms with Crippen LogP contribution in [-0.4, -0.2) is 12.8 Å². The van der Waals surface area contributed by atoms with E-state index in [1.165, 1.54) is 0 Å². The molecule has 1 nitrogen and oxygen atoms in total. The largest absolute Gasteiger partial charge is 0.236 e. The van der Waals surface area contributed by atoms with Crippen LogP contribution in [0.5, 0.6) is 0 Å². The zero-order valence-corrected chi connectivity index (χ0v) is 3.55. The Morgan fingerprint density at radius 1 is 1.75 bits per heavy atom. The molecule has 0 fully saturated rings. The van der Waals surface area contributed by atoms with Gasteiger partial charge in [0.1, 0.15) is 0 Å². The van der Waals surface area contributed by atoms with Gasteiger partial charge in [-0.1, -0.05) is 0 Å². The molecule has 0 aromatic rings. The minimum atomic E-state index is 0.0324. The van der Waals surface area contributed by atoms with Gasteiger partial charge in [-0.25, -0.2) is 5.11 Å². The Labute approximate surface area is 28.2 Å². The van der Waals surface area contributed by atoms with Crippen molar-refractivity contribution >= 4 is 9.24 Å². The topological polar surface area (TPSA) is 19.9 Å². The number of hydrogen-bond acceptors (Lipinski definition) is 0. The van der Waals surface area contributed by atoms with Crippen LogP contribution in [0.15, 0.2) is 0 Å². The van der Waals surface area contributed by atoms with Gasteiger partial charge in [-0.2, -0.15) is 0 Å². The third-order valence-electron chi connectivity index (χ3n) is 0.118. The van der Waals surface area contributed by atoms with Crippen molar-refractivity contribution in [3.63, 3.8) is 0 Å². The Morgan fingerprint density at radius 3 is 2.00 bits per heavy atom. The Morgan fingerprint density at radius 2 is 2.00 bits per heavy atom. The fourth-order valence-electron chi connectivity index (χ4n) is 0. The second kappa shape index (κ2) is 3.39. The zero-order valence-electron chi connectivity index (χ0n) is 2.40. The van der Waals surface area contributed by atoms with E-state index in [9.17, 15) is 5.11 Å². The summed E-state index contributed by atoms with van der Waals surface area (Å²) in [5.74, 6) is 0. The van der Waals surface area contributed by atoms with E-state index in [2.05, 4.69) is 9.24 Å². The van der Waals surface area contributed by atoms with Gasteiger partial charge in [0.15, 0.2) is 0 Å². The van der Waals surface area contributed by atoms with E-state index in [-0.39, 0.29) is 6.61 Å². The molecule has 0 rings (SSSR count). The molecule has 0 saturated heterocycles. The third kappa shape index (κ3) is 2.39. The van der Waals surface area contributed by atoms with Crippen LogP contribution >= 0.6 is 9.24 Å². The molecule has 25 valence electrons. The molecule has 0 saturated carbocycles. The highest BCUT2D eigenvalue weighted by Gasteiger charge is 1.60. The molecular weight excluding hydrogens is 71.0 g/mol. The lowest BCUT2D eigenvalue weighted by Gasteiger charge is -1.65. The average molecular weight is 77.0 g/mol. The molecule has 0 aliphatic heterocycles. The Kier molecular flexibility index (Phi) is 3.72. The third-order valence-corrected chi connectivity index (χ3v) is 0.354. The van der Waals surface area contributed by atoms with Crippen LogP contribution in [0.4, 0.5) is 0 Å². The second-order valence-electron chi connectivity index (χ2n) is 0.493. The van der Waals surface area contributed by atoms with Crippen LogP contribution in [0.2, 0.25) is 0 Å². The lowest BCUT2D eigenvalue weighted by molar-refractivity contribution is 0.215. The van der Waals surface area contributed by atoms with Gasteiger partial charge in [-0.3, -0.25) is 0 Å². The summed E-state index contributed by atoms with van der Waals surface area (Å²) in [5, 5.41) is 9.28. The Balaban J connectivity index is 1.97. The predicted octanol–water partition coefficient (Wildman–Crippen LogP) is 0.292. The lowest BCUT2D eigenvalue weighted by atomic mass is 10.9. The minimum absolute atomic E-state index is 0.0324. The van der Waals surface area contributed by atoms with Crippen LogP contribution in [0.3, 0.4) is 0 Å². The molecule has 1 atom stereocenters. The first kappa shape index (κ1) is 4.39. The molecule has 0 amide bonds. The van der Waals surface area contributed by atoms with E-state index >= 15 is 0 Å². The van der Waals surface area contributed by atoms with Crippen LogP contribution in [0.1, 0.15) is 0 Å². The van der Waals surface area contributed by atoms with E-state index in [1.54, 1.807) is 0 Å². The molecule has 1 radical (unpaired) electrons. The SMILES string of the molecule is [O]CCP. The highest BCUT2D eigenvalue weighted by atomic mass is 31.0. The van der Waals surface area contributed by atoms with E-state index < -0.39 is 0 Å². The fourth-order valence-corrected chi connectivity index (χ4v) is 0. The average Bonchev–Trinajstić information content (AvgIpc) is 1.37. The van der Waals surface area contributed by atoms with E-state index in [0.717, 1.165) is 0 Å². The fraction of sp³-hybridized carbons (Fsp3) is 1.00. The first-order valence-corrected chi connectivity index (χ1v) is 2.01. The molecule has 0 aromatic heterocycles. The highest BCUT2D eigenvalue weighted by molar-refractivity contribution is 7.16. The molecule has 2 heteroatoms. The summed E-state index contributed by atoms with van der Waals surface area (Å²) in [6.45, 7) is 0.0324. The van der Waals surface area contributed by atoms with Crippen molar-refractivity contribution in [1.29, 1.82) is 0 Å². The van der Waals surface area contributed by atoms with Gasteiger partial charge in [0.25, 0.3) is 0 Å². The van der Waals surface area contributed by atoms with Gasteiger partial charge in [0.05, 0.1) is 6.61 Å². The Hall–Kier alpha value is 0.390. The first-order valence-electron chi connectivity index (χ1n) is 1.20.